The van der Waals surface area contributed by atoms with Crippen LogP contribution in [0.2, 0.25) is 5.02 Å². The average Bonchev–Trinajstić information content (AvgIpc) is 2.27. The molecule has 1 aromatic rings. The van der Waals surface area contributed by atoms with Crippen molar-refractivity contribution in [1.29, 1.82) is 0 Å². The standard InChI is InChI=1S/C14H22ClNO/c1-4-9-17-14-6-5-12(15)10-13(14)16-8-7-11(2)3/h5-6,10-11,16H,4,7-9H2,1-3H3. The van der Waals surface area contributed by atoms with Gasteiger partial charge in [-0.1, -0.05) is 32.4 Å². The summed E-state index contributed by atoms with van der Waals surface area (Å²) in [5.74, 6) is 1.58. The SMILES string of the molecule is CCCOc1ccc(Cl)cc1NCCC(C)C. The van der Waals surface area contributed by atoms with Gasteiger partial charge in [-0.05, 0) is 37.0 Å². The largest absolute Gasteiger partial charge is 0.491 e. The first-order valence-electron chi connectivity index (χ1n) is 6.29. The summed E-state index contributed by atoms with van der Waals surface area (Å²) in [5, 5.41) is 4.12. The predicted octanol–water partition coefficient (Wildman–Crippen LogP) is 4.59. The quantitative estimate of drug-likeness (QED) is 0.770. The first-order chi connectivity index (χ1) is 8.13. The summed E-state index contributed by atoms with van der Waals surface area (Å²) in [6.07, 6.45) is 2.15. The zero-order valence-electron chi connectivity index (χ0n) is 10.9. The number of rotatable bonds is 7. The second-order valence-corrected chi connectivity index (χ2v) is 5.03. The molecule has 0 aliphatic rings. The first kappa shape index (κ1) is 14.2. The maximum absolute atomic E-state index is 6.00. The van der Waals surface area contributed by atoms with Crippen LogP contribution in [0.25, 0.3) is 0 Å². The van der Waals surface area contributed by atoms with Gasteiger partial charge in [-0.3, -0.25) is 0 Å². The van der Waals surface area contributed by atoms with Gasteiger partial charge < -0.3 is 10.1 Å². The molecule has 0 aliphatic carbocycles. The van der Waals surface area contributed by atoms with Crippen molar-refractivity contribution in [2.75, 3.05) is 18.5 Å². The molecular formula is C14H22ClNO. The normalized spacial score (nSPS) is 10.6. The Bertz CT molecular complexity index is 339. The highest BCUT2D eigenvalue weighted by Gasteiger charge is 2.04. The average molecular weight is 256 g/mol. The highest BCUT2D eigenvalue weighted by atomic mass is 35.5. The Morgan fingerprint density at radius 1 is 1.35 bits per heavy atom. The summed E-state index contributed by atoms with van der Waals surface area (Å²) in [7, 11) is 0. The molecule has 0 atom stereocenters. The Hall–Kier alpha value is -0.890. The van der Waals surface area contributed by atoms with Crippen LogP contribution in [0.15, 0.2) is 18.2 Å². The molecule has 1 aromatic carbocycles. The molecule has 0 heterocycles. The third-order valence-corrected chi connectivity index (χ3v) is 2.68. The first-order valence-corrected chi connectivity index (χ1v) is 6.67. The lowest BCUT2D eigenvalue weighted by molar-refractivity contribution is 0.319. The maximum atomic E-state index is 6.00. The van der Waals surface area contributed by atoms with E-state index in [0.29, 0.717) is 5.92 Å². The Balaban J connectivity index is 2.62. The van der Waals surface area contributed by atoms with Crippen molar-refractivity contribution in [2.45, 2.75) is 33.6 Å². The zero-order valence-corrected chi connectivity index (χ0v) is 11.7. The van der Waals surface area contributed by atoms with Crippen molar-refractivity contribution < 1.29 is 4.74 Å². The molecule has 3 heteroatoms. The van der Waals surface area contributed by atoms with Gasteiger partial charge in [0.05, 0.1) is 12.3 Å². The predicted molar refractivity (Wildman–Crippen MR) is 75.2 cm³/mol. The van der Waals surface area contributed by atoms with E-state index in [9.17, 15) is 0 Å². The highest BCUT2D eigenvalue weighted by molar-refractivity contribution is 6.30. The molecule has 0 fully saturated rings. The number of hydrogen-bond donors (Lipinski definition) is 1. The Labute approximate surface area is 109 Å². The molecule has 0 spiro atoms. The number of benzene rings is 1. The molecule has 0 amide bonds. The van der Waals surface area contributed by atoms with Crippen molar-refractivity contribution in [2.24, 2.45) is 5.92 Å². The number of anilines is 1. The summed E-state index contributed by atoms with van der Waals surface area (Å²) in [4.78, 5) is 0. The van der Waals surface area contributed by atoms with E-state index < -0.39 is 0 Å². The molecule has 0 saturated carbocycles. The topological polar surface area (TPSA) is 21.3 Å². The molecular weight excluding hydrogens is 234 g/mol. The number of hydrogen-bond acceptors (Lipinski definition) is 2. The van der Waals surface area contributed by atoms with Crippen LogP contribution < -0.4 is 10.1 Å². The van der Waals surface area contributed by atoms with Crippen LogP contribution in [-0.4, -0.2) is 13.2 Å². The van der Waals surface area contributed by atoms with Crippen LogP contribution in [0.5, 0.6) is 5.75 Å². The third kappa shape index (κ3) is 5.31. The Morgan fingerprint density at radius 2 is 2.12 bits per heavy atom. The van der Waals surface area contributed by atoms with Crippen molar-refractivity contribution in [3.05, 3.63) is 23.2 Å². The minimum atomic E-state index is 0.696. The van der Waals surface area contributed by atoms with Crippen molar-refractivity contribution >= 4 is 17.3 Å². The molecule has 0 radical (unpaired) electrons. The van der Waals surface area contributed by atoms with Crippen molar-refractivity contribution in [3.8, 4) is 5.75 Å². The van der Waals surface area contributed by atoms with E-state index >= 15 is 0 Å². The van der Waals surface area contributed by atoms with E-state index in [-0.39, 0.29) is 0 Å². The van der Waals surface area contributed by atoms with Gasteiger partial charge in [0, 0.05) is 11.6 Å². The number of ether oxygens (including phenoxy) is 1. The van der Waals surface area contributed by atoms with Gasteiger partial charge in [0.2, 0.25) is 0 Å². The molecule has 0 saturated heterocycles. The van der Waals surface area contributed by atoms with Gasteiger partial charge in [0.15, 0.2) is 0 Å². The lowest BCUT2D eigenvalue weighted by atomic mass is 10.1. The van der Waals surface area contributed by atoms with Gasteiger partial charge >= 0.3 is 0 Å². The van der Waals surface area contributed by atoms with Gasteiger partial charge in [-0.2, -0.15) is 0 Å². The van der Waals surface area contributed by atoms with Crippen molar-refractivity contribution in [3.63, 3.8) is 0 Å². The van der Waals surface area contributed by atoms with Crippen LogP contribution in [0.3, 0.4) is 0 Å². The molecule has 2 nitrogen and oxygen atoms in total. The summed E-state index contributed by atoms with van der Waals surface area (Å²) in [6.45, 7) is 8.21. The van der Waals surface area contributed by atoms with Crippen LogP contribution in [0, 0.1) is 5.92 Å². The Kier molecular flexibility index (Phi) is 6.20. The molecule has 96 valence electrons. The summed E-state index contributed by atoms with van der Waals surface area (Å²) < 4.78 is 5.68. The summed E-state index contributed by atoms with van der Waals surface area (Å²) >= 11 is 6.00. The van der Waals surface area contributed by atoms with Gasteiger partial charge in [0.25, 0.3) is 0 Å². The van der Waals surface area contributed by atoms with E-state index in [1.165, 1.54) is 0 Å². The summed E-state index contributed by atoms with van der Waals surface area (Å²) in [5.41, 5.74) is 0.992. The molecule has 17 heavy (non-hydrogen) atoms. The van der Waals surface area contributed by atoms with E-state index in [1.807, 2.05) is 18.2 Å². The maximum Gasteiger partial charge on any atom is 0.142 e. The minimum absolute atomic E-state index is 0.696. The molecule has 1 rings (SSSR count). The second kappa shape index (κ2) is 7.44. The van der Waals surface area contributed by atoms with Crippen molar-refractivity contribution in [1.82, 2.24) is 0 Å². The molecule has 0 aliphatic heterocycles. The zero-order chi connectivity index (χ0) is 12.7. The number of halogens is 1. The minimum Gasteiger partial charge on any atom is -0.491 e. The molecule has 0 aromatic heterocycles. The van der Waals surface area contributed by atoms with Crippen LogP contribution in [-0.2, 0) is 0 Å². The fourth-order valence-electron chi connectivity index (χ4n) is 1.47. The van der Waals surface area contributed by atoms with E-state index in [2.05, 4.69) is 26.1 Å². The molecule has 1 N–H and O–H groups in total. The fourth-order valence-corrected chi connectivity index (χ4v) is 1.65. The third-order valence-electron chi connectivity index (χ3n) is 2.44. The molecule has 0 unspecified atom stereocenters. The fraction of sp³-hybridized carbons (Fsp3) is 0.571. The number of nitrogens with one attached hydrogen (secondary N) is 1. The van der Waals surface area contributed by atoms with E-state index in [0.717, 1.165) is 42.5 Å². The van der Waals surface area contributed by atoms with Gasteiger partial charge in [-0.15, -0.1) is 0 Å². The van der Waals surface area contributed by atoms with E-state index in [1.54, 1.807) is 0 Å². The molecule has 0 bridgehead atoms. The van der Waals surface area contributed by atoms with Crippen LogP contribution in [0.1, 0.15) is 33.6 Å². The lowest BCUT2D eigenvalue weighted by Gasteiger charge is -2.14. The van der Waals surface area contributed by atoms with Crippen LogP contribution >= 0.6 is 11.6 Å². The second-order valence-electron chi connectivity index (χ2n) is 4.60. The van der Waals surface area contributed by atoms with Gasteiger partial charge in [0.1, 0.15) is 5.75 Å². The summed E-state index contributed by atoms with van der Waals surface area (Å²) in [6, 6.07) is 5.71. The monoisotopic (exact) mass is 255 g/mol. The highest BCUT2D eigenvalue weighted by Crippen LogP contribution is 2.28. The smallest absolute Gasteiger partial charge is 0.142 e. The van der Waals surface area contributed by atoms with E-state index in [4.69, 9.17) is 16.3 Å². The lowest BCUT2D eigenvalue weighted by Crippen LogP contribution is -2.07. The Morgan fingerprint density at radius 3 is 2.76 bits per heavy atom. The van der Waals surface area contributed by atoms with Crippen LogP contribution in [0.4, 0.5) is 5.69 Å². The van der Waals surface area contributed by atoms with Gasteiger partial charge in [-0.25, -0.2) is 0 Å².